The van der Waals surface area contributed by atoms with Gasteiger partial charge in [-0.1, -0.05) is 24.3 Å². The molecule has 2 aliphatic heterocycles. The minimum Gasteiger partial charge on any atom is -0.493 e. The smallest absolute Gasteiger partial charge is 0.231 e. The minimum absolute atomic E-state index is 0.198. The molecule has 0 amide bonds. The molecule has 0 saturated carbocycles. The molecule has 2 aromatic rings. The average Bonchev–Trinajstić information content (AvgIpc) is 3.07. The second-order valence-electron chi connectivity index (χ2n) is 5.76. The zero-order chi connectivity index (χ0) is 15.6. The summed E-state index contributed by atoms with van der Waals surface area (Å²) in [5, 5.41) is 13.9. The Hall–Kier alpha value is -2.24. The number of nitrogens with one attached hydrogen (secondary N) is 1. The van der Waals surface area contributed by atoms with E-state index in [1.54, 1.807) is 0 Å². The lowest BCUT2D eigenvalue weighted by atomic mass is 10.00. The number of aliphatic hydroxyl groups is 1. The van der Waals surface area contributed by atoms with Crippen LogP contribution in [-0.2, 0) is 0 Å². The predicted octanol–water partition coefficient (Wildman–Crippen LogP) is 2.56. The molecular formula is C18H19NO4. The Morgan fingerprint density at radius 1 is 1.04 bits per heavy atom. The first-order valence-corrected chi connectivity index (χ1v) is 7.84. The van der Waals surface area contributed by atoms with E-state index in [-0.39, 0.29) is 12.8 Å². The van der Waals surface area contributed by atoms with Gasteiger partial charge in [-0.3, -0.25) is 0 Å². The van der Waals surface area contributed by atoms with Crippen LogP contribution in [0, 0.1) is 0 Å². The first-order chi connectivity index (χ1) is 11.3. The minimum atomic E-state index is -0.598. The van der Waals surface area contributed by atoms with Crippen molar-refractivity contribution in [2.75, 3.05) is 19.9 Å². The second-order valence-corrected chi connectivity index (χ2v) is 5.76. The van der Waals surface area contributed by atoms with E-state index < -0.39 is 6.10 Å². The molecule has 23 heavy (non-hydrogen) atoms. The van der Waals surface area contributed by atoms with Crippen molar-refractivity contribution in [1.29, 1.82) is 0 Å². The number of para-hydroxylation sites is 1. The molecular weight excluding hydrogens is 294 g/mol. The van der Waals surface area contributed by atoms with Crippen molar-refractivity contribution < 1.29 is 19.3 Å². The topological polar surface area (TPSA) is 60.0 Å². The summed E-state index contributed by atoms with van der Waals surface area (Å²) < 4.78 is 16.3. The molecule has 5 nitrogen and oxygen atoms in total. The van der Waals surface area contributed by atoms with Gasteiger partial charge in [0.1, 0.15) is 5.75 Å². The maximum absolute atomic E-state index is 10.4. The SMILES string of the molecule is O[C@@H](CN[C@@H]1CCOc2ccccc21)c1ccc2c(c1)OCO2. The highest BCUT2D eigenvalue weighted by atomic mass is 16.7. The number of benzene rings is 2. The molecule has 2 atom stereocenters. The highest BCUT2D eigenvalue weighted by Gasteiger charge is 2.22. The third-order valence-corrected chi connectivity index (χ3v) is 4.30. The van der Waals surface area contributed by atoms with Gasteiger partial charge in [0.15, 0.2) is 11.5 Å². The van der Waals surface area contributed by atoms with Crippen molar-refractivity contribution in [3.8, 4) is 17.2 Å². The third-order valence-electron chi connectivity index (χ3n) is 4.30. The number of ether oxygens (including phenoxy) is 3. The predicted molar refractivity (Wildman–Crippen MR) is 84.8 cm³/mol. The van der Waals surface area contributed by atoms with Crippen LogP contribution < -0.4 is 19.5 Å². The van der Waals surface area contributed by atoms with Crippen molar-refractivity contribution in [3.63, 3.8) is 0 Å². The quantitative estimate of drug-likeness (QED) is 0.908. The first-order valence-electron chi connectivity index (χ1n) is 7.84. The average molecular weight is 313 g/mol. The maximum Gasteiger partial charge on any atom is 0.231 e. The molecule has 2 aliphatic rings. The van der Waals surface area contributed by atoms with E-state index in [2.05, 4.69) is 11.4 Å². The molecule has 5 heteroatoms. The molecule has 2 heterocycles. The van der Waals surface area contributed by atoms with Crippen molar-refractivity contribution in [2.45, 2.75) is 18.6 Å². The molecule has 2 aromatic carbocycles. The molecule has 2 N–H and O–H groups in total. The lowest BCUT2D eigenvalue weighted by Gasteiger charge is -2.27. The summed E-state index contributed by atoms with van der Waals surface area (Å²) in [7, 11) is 0. The molecule has 0 bridgehead atoms. The molecule has 0 unspecified atom stereocenters. The van der Waals surface area contributed by atoms with Crippen LogP contribution in [0.5, 0.6) is 17.2 Å². The van der Waals surface area contributed by atoms with Crippen LogP contribution in [0.3, 0.4) is 0 Å². The van der Waals surface area contributed by atoms with Crippen LogP contribution in [0.25, 0.3) is 0 Å². The Balaban J connectivity index is 1.43. The summed E-state index contributed by atoms with van der Waals surface area (Å²) in [5.41, 5.74) is 1.97. The molecule has 0 radical (unpaired) electrons. The van der Waals surface area contributed by atoms with Gasteiger partial charge in [-0.15, -0.1) is 0 Å². The summed E-state index contributed by atoms with van der Waals surface area (Å²) in [5.74, 6) is 2.35. The molecule has 120 valence electrons. The normalized spacial score (nSPS) is 19.8. The van der Waals surface area contributed by atoms with Crippen LogP contribution in [0.4, 0.5) is 0 Å². The van der Waals surface area contributed by atoms with E-state index in [0.29, 0.717) is 18.9 Å². The summed E-state index contributed by atoms with van der Waals surface area (Å²) in [6.45, 7) is 1.40. The molecule has 4 rings (SSSR count). The number of hydrogen-bond donors (Lipinski definition) is 2. The van der Waals surface area contributed by atoms with E-state index in [0.717, 1.165) is 29.0 Å². The molecule has 0 spiro atoms. The Kier molecular flexibility index (Phi) is 3.81. The maximum atomic E-state index is 10.4. The fourth-order valence-corrected chi connectivity index (χ4v) is 3.05. The van der Waals surface area contributed by atoms with Gasteiger partial charge in [0.2, 0.25) is 6.79 Å². The van der Waals surface area contributed by atoms with E-state index in [9.17, 15) is 5.11 Å². The van der Waals surface area contributed by atoms with E-state index >= 15 is 0 Å². The van der Waals surface area contributed by atoms with Crippen LogP contribution in [0.2, 0.25) is 0 Å². The zero-order valence-corrected chi connectivity index (χ0v) is 12.7. The Morgan fingerprint density at radius 3 is 2.87 bits per heavy atom. The number of aliphatic hydroxyl groups excluding tert-OH is 1. The van der Waals surface area contributed by atoms with Gasteiger partial charge in [-0.2, -0.15) is 0 Å². The van der Waals surface area contributed by atoms with Crippen molar-refractivity contribution in [3.05, 3.63) is 53.6 Å². The van der Waals surface area contributed by atoms with Gasteiger partial charge in [-0.25, -0.2) is 0 Å². The molecule has 0 saturated heterocycles. The summed E-state index contributed by atoms with van der Waals surface area (Å²) in [4.78, 5) is 0. The number of fused-ring (bicyclic) bond motifs is 2. The lowest BCUT2D eigenvalue weighted by molar-refractivity contribution is 0.161. The van der Waals surface area contributed by atoms with Gasteiger partial charge < -0.3 is 24.6 Å². The van der Waals surface area contributed by atoms with E-state index in [1.165, 1.54) is 0 Å². The van der Waals surface area contributed by atoms with E-state index in [1.807, 2.05) is 36.4 Å². The molecule has 0 fully saturated rings. The van der Waals surface area contributed by atoms with Crippen molar-refractivity contribution in [2.24, 2.45) is 0 Å². The highest BCUT2D eigenvalue weighted by molar-refractivity contribution is 5.45. The van der Waals surface area contributed by atoms with E-state index in [4.69, 9.17) is 14.2 Å². The van der Waals surface area contributed by atoms with Crippen molar-refractivity contribution >= 4 is 0 Å². The Bertz CT molecular complexity index is 703. The van der Waals surface area contributed by atoms with Gasteiger partial charge >= 0.3 is 0 Å². The highest BCUT2D eigenvalue weighted by Crippen LogP contribution is 2.35. The summed E-state index contributed by atoms with van der Waals surface area (Å²) >= 11 is 0. The number of rotatable bonds is 4. The van der Waals surface area contributed by atoms with Crippen LogP contribution in [0.1, 0.15) is 29.7 Å². The lowest BCUT2D eigenvalue weighted by Crippen LogP contribution is -2.30. The molecule has 0 aromatic heterocycles. The first kappa shape index (κ1) is 14.4. The number of hydrogen-bond acceptors (Lipinski definition) is 5. The fourth-order valence-electron chi connectivity index (χ4n) is 3.05. The molecule has 0 aliphatic carbocycles. The van der Waals surface area contributed by atoms with Gasteiger partial charge in [0, 0.05) is 24.6 Å². The Morgan fingerprint density at radius 2 is 1.91 bits per heavy atom. The fraction of sp³-hybridized carbons (Fsp3) is 0.333. The van der Waals surface area contributed by atoms with Gasteiger partial charge in [0.05, 0.1) is 12.7 Å². The van der Waals surface area contributed by atoms with Crippen LogP contribution in [-0.4, -0.2) is 25.1 Å². The monoisotopic (exact) mass is 313 g/mol. The van der Waals surface area contributed by atoms with Crippen LogP contribution in [0.15, 0.2) is 42.5 Å². The largest absolute Gasteiger partial charge is 0.493 e. The summed E-state index contributed by atoms with van der Waals surface area (Å²) in [6, 6.07) is 13.8. The second kappa shape index (κ2) is 6.10. The summed E-state index contributed by atoms with van der Waals surface area (Å²) in [6.07, 6.45) is 0.296. The standard InChI is InChI=1S/C18H19NO4/c20-15(12-5-6-17-18(9-12)23-11-22-17)10-19-14-7-8-21-16-4-2-1-3-13(14)16/h1-6,9,14-15,19-20H,7-8,10-11H2/t14-,15+/m1/s1. The zero-order valence-electron chi connectivity index (χ0n) is 12.7. The van der Waals surface area contributed by atoms with Gasteiger partial charge in [0.25, 0.3) is 0 Å². The van der Waals surface area contributed by atoms with Crippen LogP contribution >= 0.6 is 0 Å². The third kappa shape index (κ3) is 2.85. The van der Waals surface area contributed by atoms with Gasteiger partial charge in [-0.05, 0) is 23.8 Å². The van der Waals surface area contributed by atoms with Crippen molar-refractivity contribution in [1.82, 2.24) is 5.32 Å². The Labute approximate surface area is 134 Å².